The number of nitrogens with two attached hydrogens (primary N) is 1. The summed E-state index contributed by atoms with van der Waals surface area (Å²) >= 11 is 0. The lowest BCUT2D eigenvalue weighted by molar-refractivity contribution is -0.135. The zero-order valence-electron chi connectivity index (χ0n) is 10.9. The van der Waals surface area contributed by atoms with Crippen LogP contribution in [0, 0.1) is 6.92 Å². The fourth-order valence-corrected chi connectivity index (χ4v) is 2.89. The molecule has 0 unspecified atom stereocenters. The van der Waals surface area contributed by atoms with Crippen LogP contribution in [-0.4, -0.2) is 31.3 Å². The van der Waals surface area contributed by atoms with Crippen molar-refractivity contribution in [2.24, 2.45) is 5.73 Å². The monoisotopic (exact) mass is 314 g/mol. The number of halogens is 3. The topological polar surface area (TPSA) is 101 Å². The number of hydrogen-bond acceptors (Lipinski definition) is 4. The molecule has 0 atom stereocenters. The minimum Gasteiger partial charge on any atom is -0.326 e. The molecule has 1 aromatic heterocycles. The summed E-state index contributed by atoms with van der Waals surface area (Å²) in [5.41, 5.74) is 6.35. The summed E-state index contributed by atoms with van der Waals surface area (Å²) in [7, 11) is -3.85. The summed E-state index contributed by atoms with van der Waals surface area (Å²) in [6.07, 6.45) is -5.18. The van der Waals surface area contributed by atoms with Gasteiger partial charge in [-0.25, -0.2) is 13.1 Å². The number of aromatic nitrogens is 2. The molecule has 10 heteroatoms. The Hall–Kier alpha value is -1.13. The Morgan fingerprint density at radius 3 is 2.55 bits per heavy atom. The number of nitrogens with zero attached hydrogens (tertiary/aromatic N) is 1. The molecule has 6 nitrogen and oxygen atoms in total. The zero-order chi connectivity index (χ0) is 15.4. The van der Waals surface area contributed by atoms with Crippen LogP contribution in [0.25, 0.3) is 0 Å². The van der Waals surface area contributed by atoms with E-state index in [0.29, 0.717) is 11.3 Å². The molecule has 0 amide bonds. The number of alkyl halides is 3. The van der Waals surface area contributed by atoms with Crippen LogP contribution in [0.15, 0.2) is 5.03 Å². The summed E-state index contributed by atoms with van der Waals surface area (Å²) in [4.78, 5) is 0. The molecule has 0 aromatic carbocycles. The highest BCUT2D eigenvalue weighted by atomic mass is 32.2. The zero-order valence-corrected chi connectivity index (χ0v) is 11.7. The number of H-pyrrole nitrogens is 1. The van der Waals surface area contributed by atoms with Crippen LogP contribution in [0.3, 0.4) is 0 Å². The first kappa shape index (κ1) is 16.9. The lowest BCUT2D eigenvalue weighted by Crippen LogP contribution is -2.26. The van der Waals surface area contributed by atoms with Crippen molar-refractivity contribution in [1.82, 2.24) is 14.9 Å². The molecule has 1 aromatic rings. The Bertz CT molecular complexity index is 539. The molecule has 0 aliphatic heterocycles. The summed E-state index contributed by atoms with van der Waals surface area (Å²) in [5.74, 6) is 0. The van der Waals surface area contributed by atoms with Crippen LogP contribution in [0.1, 0.15) is 30.5 Å². The molecular weight excluding hydrogens is 297 g/mol. The molecule has 0 aliphatic rings. The van der Waals surface area contributed by atoms with E-state index in [1.165, 1.54) is 0 Å². The largest absolute Gasteiger partial charge is 0.389 e. The highest BCUT2D eigenvalue weighted by Crippen LogP contribution is 2.22. The minimum absolute atomic E-state index is 0.00660. The van der Waals surface area contributed by atoms with Gasteiger partial charge in [0, 0.05) is 30.8 Å². The molecule has 1 rings (SSSR count). The second-order valence-corrected chi connectivity index (χ2v) is 5.99. The van der Waals surface area contributed by atoms with Gasteiger partial charge in [-0.15, -0.1) is 0 Å². The number of aryl methyl sites for hydroxylation is 1. The average molecular weight is 314 g/mol. The fraction of sp³-hybridized carbons (Fsp3) is 0.700. The summed E-state index contributed by atoms with van der Waals surface area (Å²) in [6, 6.07) is 0. The van der Waals surface area contributed by atoms with Gasteiger partial charge < -0.3 is 5.73 Å². The van der Waals surface area contributed by atoms with Gasteiger partial charge >= 0.3 is 6.18 Å². The third-order valence-electron chi connectivity index (χ3n) is 2.67. The Morgan fingerprint density at radius 1 is 1.35 bits per heavy atom. The van der Waals surface area contributed by atoms with E-state index < -0.39 is 22.6 Å². The maximum Gasteiger partial charge on any atom is 0.389 e. The lowest BCUT2D eigenvalue weighted by atomic mass is 10.2. The quantitative estimate of drug-likeness (QED) is 0.658. The van der Waals surface area contributed by atoms with Crippen molar-refractivity contribution in [2.45, 2.75) is 43.9 Å². The van der Waals surface area contributed by atoms with E-state index in [2.05, 4.69) is 14.9 Å². The van der Waals surface area contributed by atoms with E-state index in [9.17, 15) is 21.6 Å². The molecule has 0 radical (unpaired) electrons. The van der Waals surface area contributed by atoms with Gasteiger partial charge in [-0.1, -0.05) is 0 Å². The van der Waals surface area contributed by atoms with Gasteiger partial charge in [0.1, 0.15) is 0 Å². The van der Waals surface area contributed by atoms with Crippen molar-refractivity contribution in [1.29, 1.82) is 0 Å². The van der Waals surface area contributed by atoms with Gasteiger partial charge in [0.05, 0.1) is 0 Å². The Balaban J connectivity index is 2.54. The molecule has 1 heterocycles. The van der Waals surface area contributed by atoms with Crippen LogP contribution >= 0.6 is 0 Å². The first-order chi connectivity index (χ1) is 9.17. The number of nitrogens with one attached hydrogen (secondary N) is 2. The van der Waals surface area contributed by atoms with Gasteiger partial charge in [0.2, 0.25) is 0 Å². The minimum atomic E-state index is -4.22. The van der Waals surface area contributed by atoms with Crippen molar-refractivity contribution in [3.63, 3.8) is 0 Å². The van der Waals surface area contributed by atoms with Crippen LogP contribution in [0.2, 0.25) is 0 Å². The van der Waals surface area contributed by atoms with E-state index in [-0.39, 0.29) is 31.0 Å². The van der Waals surface area contributed by atoms with Crippen LogP contribution < -0.4 is 10.5 Å². The molecule has 116 valence electrons. The maximum absolute atomic E-state index is 11.9. The van der Waals surface area contributed by atoms with Crippen molar-refractivity contribution >= 4 is 10.0 Å². The van der Waals surface area contributed by atoms with E-state index in [0.717, 1.165) is 0 Å². The standard InChI is InChI=1S/C10H17F3N4O2S/c1-7-8(6-14)9(17-16-7)20(18,19)15-5-3-2-4-10(11,12)13/h15H,2-6,14H2,1H3,(H,16,17). The predicted molar refractivity (Wildman–Crippen MR) is 66.3 cm³/mol. The summed E-state index contributed by atoms with van der Waals surface area (Å²) < 4.78 is 61.8. The smallest absolute Gasteiger partial charge is 0.326 e. The van der Waals surface area contributed by atoms with Crippen LogP contribution in [0.5, 0.6) is 0 Å². The van der Waals surface area contributed by atoms with Crippen molar-refractivity contribution < 1.29 is 21.6 Å². The molecule has 0 saturated carbocycles. The van der Waals surface area contributed by atoms with Crippen LogP contribution in [-0.2, 0) is 16.6 Å². The number of sulfonamides is 1. The number of unbranched alkanes of at least 4 members (excludes halogenated alkanes) is 1. The van der Waals surface area contributed by atoms with Crippen LogP contribution in [0.4, 0.5) is 13.2 Å². The third-order valence-corrected chi connectivity index (χ3v) is 4.10. The Kier molecular flexibility index (Phi) is 5.54. The molecule has 0 aliphatic carbocycles. The highest BCUT2D eigenvalue weighted by molar-refractivity contribution is 7.89. The SMILES string of the molecule is Cc1[nH]nc(S(=O)(=O)NCCCCC(F)(F)F)c1CN. The van der Waals surface area contributed by atoms with E-state index in [1.807, 2.05) is 0 Å². The fourth-order valence-electron chi connectivity index (χ4n) is 1.62. The first-order valence-corrected chi connectivity index (χ1v) is 7.46. The van der Waals surface area contributed by atoms with Crippen molar-refractivity contribution in [3.8, 4) is 0 Å². The third kappa shape index (κ3) is 4.76. The van der Waals surface area contributed by atoms with Gasteiger partial charge in [-0.05, 0) is 19.8 Å². The molecule has 0 bridgehead atoms. The van der Waals surface area contributed by atoms with E-state index in [4.69, 9.17) is 5.73 Å². The molecule has 20 heavy (non-hydrogen) atoms. The van der Waals surface area contributed by atoms with E-state index >= 15 is 0 Å². The molecule has 4 N–H and O–H groups in total. The maximum atomic E-state index is 11.9. The predicted octanol–water partition coefficient (Wildman–Crippen LogP) is 1.19. The Labute approximate surface area is 115 Å². The lowest BCUT2D eigenvalue weighted by Gasteiger charge is -2.07. The van der Waals surface area contributed by atoms with Crippen molar-refractivity contribution in [2.75, 3.05) is 6.54 Å². The molecule has 0 fully saturated rings. The Morgan fingerprint density at radius 2 is 2.00 bits per heavy atom. The molecule has 0 spiro atoms. The average Bonchev–Trinajstić information content (AvgIpc) is 2.69. The van der Waals surface area contributed by atoms with Crippen molar-refractivity contribution in [3.05, 3.63) is 11.3 Å². The van der Waals surface area contributed by atoms with Gasteiger partial charge in [0.15, 0.2) is 5.03 Å². The van der Waals surface area contributed by atoms with Gasteiger partial charge in [-0.2, -0.15) is 18.3 Å². The summed E-state index contributed by atoms with van der Waals surface area (Å²) in [6.45, 7) is 1.57. The normalized spacial score (nSPS) is 12.8. The first-order valence-electron chi connectivity index (χ1n) is 5.97. The molecular formula is C10H17F3N4O2S. The number of hydrogen-bond donors (Lipinski definition) is 3. The van der Waals surface area contributed by atoms with Gasteiger partial charge in [0.25, 0.3) is 10.0 Å². The summed E-state index contributed by atoms with van der Waals surface area (Å²) in [5, 5.41) is 5.98. The van der Waals surface area contributed by atoms with Gasteiger partial charge in [-0.3, -0.25) is 5.10 Å². The highest BCUT2D eigenvalue weighted by Gasteiger charge is 2.26. The second-order valence-electron chi connectivity index (χ2n) is 4.31. The second kappa shape index (κ2) is 6.55. The van der Waals surface area contributed by atoms with E-state index in [1.54, 1.807) is 6.92 Å². The number of aromatic amines is 1. The molecule has 0 saturated heterocycles. The number of rotatable bonds is 7.